The van der Waals surface area contributed by atoms with Gasteiger partial charge in [0.05, 0.1) is 11.1 Å². The molecule has 1 aliphatic heterocycles. The van der Waals surface area contributed by atoms with Gasteiger partial charge in [0.15, 0.2) is 0 Å². The molecule has 0 spiro atoms. The summed E-state index contributed by atoms with van der Waals surface area (Å²) in [6.45, 7) is 2.00. The molecule has 128 valence electrons. The molecule has 0 bridgehead atoms. The smallest absolute Gasteiger partial charge is 0.335 e. The third kappa shape index (κ3) is 7.28. The van der Waals surface area contributed by atoms with Crippen LogP contribution in [0.4, 0.5) is 11.4 Å². The van der Waals surface area contributed by atoms with E-state index in [4.69, 9.17) is 26.4 Å². The van der Waals surface area contributed by atoms with Crippen LogP contribution >= 0.6 is 0 Å². The van der Waals surface area contributed by atoms with Crippen molar-refractivity contribution in [1.29, 1.82) is 0 Å². The van der Waals surface area contributed by atoms with Gasteiger partial charge in [-0.2, -0.15) is 0 Å². The number of aromatic carboxylic acids is 2. The Kier molecular flexibility index (Phi) is 7.80. The largest absolute Gasteiger partial charge is 0.478 e. The van der Waals surface area contributed by atoms with Crippen LogP contribution in [0.2, 0.25) is 0 Å². The molecule has 1 aliphatic rings. The van der Waals surface area contributed by atoms with Crippen LogP contribution in [0.1, 0.15) is 27.1 Å². The fraction of sp³-hybridized carbons (Fsp3) is 0.176. The van der Waals surface area contributed by atoms with Gasteiger partial charge in [-0.25, -0.2) is 9.59 Å². The molecule has 0 atom stereocenters. The van der Waals surface area contributed by atoms with Crippen LogP contribution in [-0.4, -0.2) is 35.4 Å². The second-order valence-corrected chi connectivity index (χ2v) is 4.82. The first-order valence-electron chi connectivity index (χ1n) is 7.15. The number of nitrogens with two attached hydrogens (primary N) is 2. The lowest BCUT2D eigenvalue weighted by Crippen LogP contribution is -2.09. The minimum Gasteiger partial charge on any atom is -0.478 e. The maximum Gasteiger partial charge on any atom is 0.335 e. The highest BCUT2D eigenvalue weighted by molar-refractivity contribution is 5.88. The third-order valence-electron chi connectivity index (χ3n) is 2.89. The number of carbonyl (C=O) groups is 2. The maximum atomic E-state index is 10.3. The first-order valence-corrected chi connectivity index (χ1v) is 7.15. The van der Waals surface area contributed by atoms with Gasteiger partial charge in [-0.05, 0) is 55.0 Å². The zero-order chi connectivity index (χ0) is 17.9. The summed E-state index contributed by atoms with van der Waals surface area (Å²) >= 11 is 0. The van der Waals surface area contributed by atoms with Crippen LogP contribution < -0.4 is 11.5 Å². The number of nitrogen functional groups attached to an aromatic ring is 2. The summed E-state index contributed by atoms with van der Waals surface area (Å²) in [5.41, 5.74) is 12.3. The van der Waals surface area contributed by atoms with E-state index in [1.54, 1.807) is 24.3 Å². The number of carboxylic acid groups (broad SMARTS) is 2. The molecule has 24 heavy (non-hydrogen) atoms. The van der Waals surface area contributed by atoms with Gasteiger partial charge in [0.1, 0.15) is 0 Å². The summed E-state index contributed by atoms with van der Waals surface area (Å²) in [6, 6.07) is 12.1. The van der Waals surface area contributed by atoms with Crippen molar-refractivity contribution in [2.24, 2.45) is 0 Å². The second kappa shape index (κ2) is 9.86. The predicted octanol–water partition coefficient (Wildman–Crippen LogP) is 2.34. The Hall–Kier alpha value is -3.06. The highest BCUT2D eigenvalue weighted by atomic mass is 16.5. The molecular weight excluding hydrogens is 312 g/mol. The molecule has 0 aromatic heterocycles. The van der Waals surface area contributed by atoms with E-state index in [0.717, 1.165) is 13.2 Å². The number of benzene rings is 2. The molecule has 6 N–H and O–H groups in total. The van der Waals surface area contributed by atoms with Crippen molar-refractivity contribution in [3.8, 4) is 0 Å². The molecule has 1 heterocycles. The van der Waals surface area contributed by atoms with Crippen LogP contribution in [0, 0.1) is 0 Å². The van der Waals surface area contributed by atoms with Gasteiger partial charge < -0.3 is 26.4 Å². The normalized spacial score (nSPS) is 11.7. The quantitative estimate of drug-likeness (QED) is 0.620. The fourth-order valence-corrected chi connectivity index (χ4v) is 1.40. The Labute approximate surface area is 139 Å². The van der Waals surface area contributed by atoms with Crippen LogP contribution in [0.25, 0.3) is 0 Å². The van der Waals surface area contributed by atoms with Gasteiger partial charge in [-0.1, -0.05) is 0 Å². The van der Waals surface area contributed by atoms with Crippen molar-refractivity contribution in [3.05, 3.63) is 59.7 Å². The van der Waals surface area contributed by atoms with Gasteiger partial charge in [0, 0.05) is 24.6 Å². The van der Waals surface area contributed by atoms with Gasteiger partial charge in [0.25, 0.3) is 0 Å². The summed E-state index contributed by atoms with van der Waals surface area (Å²) < 4.78 is 4.72. The lowest BCUT2D eigenvalue weighted by Gasteiger charge is -2.09. The fourth-order valence-electron chi connectivity index (χ4n) is 1.40. The van der Waals surface area contributed by atoms with E-state index in [-0.39, 0.29) is 11.1 Å². The summed E-state index contributed by atoms with van der Waals surface area (Å²) in [7, 11) is 0. The number of carboxylic acids is 2. The number of anilines is 2. The monoisotopic (exact) mass is 332 g/mol. The van der Waals surface area contributed by atoms with Gasteiger partial charge in [0.2, 0.25) is 0 Å². The highest BCUT2D eigenvalue weighted by Gasteiger charge is 1.99. The molecule has 0 saturated carbocycles. The van der Waals surface area contributed by atoms with Crippen molar-refractivity contribution in [2.45, 2.75) is 6.42 Å². The molecule has 7 heteroatoms. The molecule has 7 nitrogen and oxygen atoms in total. The van der Waals surface area contributed by atoms with E-state index in [1.165, 1.54) is 30.7 Å². The summed E-state index contributed by atoms with van der Waals surface area (Å²) in [5.74, 6) is -1.86. The van der Waals surface area contributed by atoms with Crippen molar-refractivity contribution < 1.29 is 24.5 Å². The zero-order valence-corrected chi connectivity index (χ0v) is 13.0. The Morgan fingerprint density at radius 2 is 1.00 bits per heavy atom. The molecule has 2 aromatic carbocycles. The SMILES string of the molecule is C1COC1.Nc1ccc(C(=O)O)cc1.Nc1ccc(C(=O)O)cc1. The molecule has 2 aromatic rings. The van der Waals surface area contributed by atoms with Gasteiger partial charge in [-0.3, -0.25) is 0 Å². The van der Waals surface area contributed by atoms with Crippen molar-refractivity contribution in [3.63, 3.8) is 0 Å². The average Bonchev–Trinajstić information content (AvgIpc) is 2.47. The zero-order valence-electron chi connectivity index (χ0n) is 13.0. The summed E-state index contributed by atoms with van der Waals surface area (Å²) in [5, 5.41) is 16.9. The number of hydrogen-bond acceptors (Lipinski definition) is 5. The van der Waals surface area contributed by atoms with E-state index in [1.807, 2.05) is 0 Å². The van der Waals surface area contributed by atoms with Crippen molar-refractivity contribution >= 4 is 23.3 Å². The standard InChI is InChI=1S/2C7H7NO2.C3H6O/c2*8-6-3-1-5(2-4-6)7(9)10;1-2-4-3-1/h2*1-4H,8H2,(H,9,10);1-3H2. The summed E-state index contributed by atoms with van der Waals surface area (Å²) in [4.78, 5) is 20.5. The molecule has 1 fully saturated rings. The van der Waals surface area contributed by atoms with Crippen LogP contribution in [0.5, 0.6) is 0 Å². The first-order chi connectivity index (χ1) is 11.4. The molecule has 3 rings (SSSR count). The Balaban J connectivity index is 0.000000195. The van der Waals surface area contributed by atoms with E-state index >= 15 is 0 Å². The number of rotatable bonds is 2. The Morgan fingerprint density at radius 1 is 0.750 bits per heavy atom. The minimum absolute atomic E-state index is 0.259. The lowest BCUT2D eigenvalue weighted by atomic mass is 10.2. The first kappa shape index (κ1) is 19.0. The molecular formula is C17H20N2O5. The van der Waals surface area contributed by atoms with E-state index in [2.05, 4.69) is 0 Å². The average molecular weight is 332 g/mol. The predicted molar refractivity (Wildman–Crippen MR) is 91.1 cm³/mol. The van der Waals surface area contributed by atoms with E-state index < -0.39 is 11.9 Å². The Morgan fingerprint density at radius 3 is 1.17 bits per heavy atom. The van der Waals surface area contributed by atoms with Gasteiger partial charge in [-0.15, -0.1) is 0 Å². The van der Waals surface area contributed by atoms with E-state index in [9.17, 15) is 9.59 Å². The highest BCUT2D eigenvalue weighted by Crippen LogP contribution is 2.05. The molecule has 0 amide bonds. The van der Waals surface area contributed by atoms with Crippen LogP contribution in [0.15, 0.2) is 48.5 Å². The summed E-state index contributed by atoms with van der Waals surface area (Å²) in [6.07, 6.45) is 1.28. The van der Waals surface area contributed by atoms with Crippen LogP contribution in [-0.2, 0) is 4.74 Å². The Bertz CT molecular complexity index is 590. The molecule has 0 radical (unpaired) electrons. The molecule has 0 aliphatic carbocycles. The lowest BCUT2D eigenvalue weighted by molar-refractivity contribution is 0.0367. The minimum atomic E-state index is -0.931. The third-order valence-corrected chi connectivity index (χ3v) is 2.89. The van der Waals surface area contributed by atoms with Crippen LogP contribution in [0.3, 0.4) is 0 Å². The van der Waals surface area contributed by atoms with E-state index in [0.29, 0.717) is 11.4 Å². The van der Waals surface area contributed by atoms with Crippen molar-refractivity contribution in [1.82, 2.24) is 0 Å². The second-order valence-electron chi connectivity index (χ2n) is 4.82. The number of hydrogen-bond donors (Lipinski definition) is 4. The molecule has 1 saturated heterocycles. The topological polar surface area (TPSA) is 136 Å². The molecule has 0 unspecified atom stereocenters. The van der Waals surface area contributed by atoms with Crippen molar-refractivity contribution in [2.75, 3.05) is 24.7 Å². The maximum absolute atomic E-state index is 10.3. The number of ether oxygens (including phenoxy) is 1. The van der Waals surface area contributed by atoms with Gasteiger partial charge >= 0.3 is 11.9 Å².